The van der Waals surface area contributed by atoms with Crippen LogP contribution in [0.1, 0.15) is 56.1 Å². The van der Waals surface area contributed by atoms with Crippen LogP contribution in [-0.2, 0) is 12.8 Å². The van der Waals surface area contributed by atoms with Crippen molar-refractivity contribution in [1.82, 2.24) is 0 Å². The molecule has 0 heterocycles. The first-order valence-electron chi connectivity index (χ1n) is 7.83. The van der Waals surface area contributed by atoms with E-state index in [1.54, 1.807) is 6.07 Å². The van der Waals surface area contributed by atoms with Gasteiger partial charge >= 0.3 is 0 Å². The van der Waals surface area contributed by atoms with Gasteiger partial charge in [0, 0.05) is 0 Å². The van der Waals surface area contributed by atoms with Gasteiger partial charge in [-0.15, -0.1) is 0 Å². The molecule has 0 saturated heterocycles. The largest absolute Gasteiger partial charge is 0.390 e. The molecule has 0 amide bonds. The van der Waals surface area contributed by atoms with E-state index in [9.17, 15) is 9.50 Å². The Hall–Kier alpha value is -0.930. The van der Waals surface area contributed by atoms with E-state index in [-0.39, 0.29) is 5.82 Å². The van der Waals surface area contributed by atoms with Gasteiger partial charge in [0.05, 0.1) is 5.60 Å². The Kier molecular flexibility index (Phi) is 5.55. The molecule has 1 aromatic carbocycles. The monoisotopic (exact) mass is 279 g/mol. The first-order valence-corrected chi connectivity index (χ1v) is 7.83. The lowest BCUT2D eigenvalue weighted by Crippen LogP contribution is -2.31. The average molecular weight is 279 g/mol. The number of hydrogen-bond donors (Lipinski definition) is 2. The minimum Gasteiger partial charge on any atom is -0.390 e. The van der Waals surface area contributed by atoms with Gasteiger partial charge < -0.3 is 10.8 Å². The molecule has 1 aliphatic rings. The topological polar surface area (TPSA) is 46.2 Å². The van der Waals surface area contributed by atoms with Crippen molar-refractivity contribution in [3.8, 4) is 0 Å². The molecule has 1 aliphatic carbocycles. The van der Waals surface area contributed by atoms with Crippen molar-refractivity contribution >= 4 is 0 Å². The molecular formula is C17H26FNO. The van der Waals surface area contributed by atoms with Crippen LogP contribution in [0, 0.1) is 5.82 Å². The smallest absolute Gasteiger partial charge is 0.126 e. The minimum atomic E-state index is -0.496. The highest BCUT2D eigenvalue weighted by atomic mass is 19.1. The molecule has 0 bridgehead atoms. The number of aryl methyl sites for hydroxylation is 2. The van der Waals surface area contributed by atoms with Crippen LogP contribution in [0.4, 0.5) is 4.39 Å². The maximum Gasteiger partial charge on any atom is 0.126 e. The van der Waals surface area contributed by atoms with Gasteiger partial charge in [0.1, 0.15) is 5.82 Å². The Morgan fingerprint density at radius 2 is 1.90 bits per heavy atom. The van der Waals surface area contributed by atoms with E-state index >= 15 is 0 Å². The van der Waals surface area contributed by atoms with Gasteiger partial charge in [0.15, 0.2) is 0 Å². The zero-order valence-electron chi connectivity index (χ0n) is 12.2. The summed E-state index contributed by atoms with van der Waals surface area (Å²) in [7, 11) is 0. The van der Waals surface area contributed by atoms with Crippen LogP contribution in [0.5, 0.6) is 0 Å². The van der Waals surface area contributed by atoms with Crippen LogP contribution >= 0.6 is 0 Å². The fourth-order valence-electron chi connectivity index (χ4n) is 3.10. The summed E-state index contributed by atoms with van der Waals surface area (Å²) < 4.78 is 13.7. The van der Waals surface area contributed by atoms with E-state index in [1.807, 2.05) is 12.1 Å². The summed E-state index contributed by atoms with van der Waals surface area (Å²) in [4.78, 5) is 0. The number of rotatable bonds is 6. The normalized spacial score (nSPS) is 18.1. The van der Waals surface area contributed by atoms with Gasteiger partial charge in [0.25, 0.3) is 0 Å². The third kappa shape index (κ3) is 4.29. The van der Waals surface area contributed by atoms with Crippen LogP contribution in [0.2, 0.25) is 0 Å². The molecule has 0 radical (unpaired) electrons. The molecule has 1 aromatic rings. The van der Waals surface area contributed by atoms with Crippen LogP contribution in [0.25, 0.3) is 0 Å². The molecule has 0 unspecified atom stereocenters. The third-order valence-electron chi connectivity index (χ3n) is 4.42. The van der Waals surface area contributed by atoms with E-state index in [0.29, 0.717) is 13.0 Å². The second-order valence-corrected chi connectivity index (χ2v) is 6.10. The SMILES string of the molecule is NCCCc1cc(CCC2(O)CCCCC2)ccc1F. The Morgan fingerprint density at radius 3 is 2.60 bits per heavy atom. The summed E-state index contributed by atoms with van der Waals surface area (Å²) in [5, 5.41) is 10.5. The summed E-state index contributed by atoms with van der Waals surface area (Å²) in [6.45, 7) is 0.587. The van der Waals surface area contributed by atoms with Gasteiger partial charge in [-0.25, -0.2) is 4.39 Å². The van der Waals surface area contributed by atoms with E-state index in [4.69, 9.17) is 5.73 Å². The summed E-state index contributed by atoms with van der Waals surface area (Å²) >= 11 is 0. The van der Waals surface area contributed by atoms with E-state index in [0.717, 1.165) is 56.1 Å². The molecule has 1 saturated carbocycles. The van der Waals surface area contributed by atoms with Crippen molar-refractivity contribution in [1.29, 1.82) is 0 Å². The number of aliphatic hydroxyl groups is 1. The van der Waals surface area contributed by atoms with Gasteiger partial charge in [-0.1, -0.05) is 31.4 Å². The van der Waals surface area contributed by atoms with Crippen molar-refractivity contribution in [2.24, 2.45) is 5.73 Å². The molecule has 20 heavy (non-hydrogen) atoms. The lowest BCUT2D eigenvalue weighted by Gasteiger charge is -2.32. The Bertz CT molecular complexity index is 427. The summed E-state index contributed by atoms with van der Waals surface area (Å²) in [5.41, 5.74) is 6.86. The van der Waals surface area contributed by atoms with Gasteiger partial charge in [-0.2, -0.15) is 0 Å². The highest BCUT2D eigenvalue weighted by molar-refractivity contribution is 5.25. The van der Waals surface area contributed by atoms with Crippen molar-refractivity contribution in [3.05, 3.63) is 35.1 Å². The first-order chi connectivity index (χ1) is 9.63. The zero-order chi connectivity index (χ0) is 14.4. The molecule has 112 valence electrons. The van der Waals surface area contributed by atoms with Gasteiger partial charge in [-0.3, -0.25) is 0 Å². The average Bonchev–Trinajstić information content (AvgIpc) is 2.46. The van der Waals surface area contributed by atoms with Crippen molar-refractivity contribution in [3.63, 3.8) is 0 Å². The molecule has 2 rings (SSSR count). The lowest BCUT2D eigenvalue weighted by atomic mass is 9.81. The third-order valence-corrected chi connectivity index (χ3v) is 4.42. The number of benzene rings is 1. The first kappa shape index (κ1) is 15.5. The molecule has 0 spiro atoms. The van der Waals surface area contributed by atoms with Crippen LogP contribution in [-0.4, -0.2) is 17.3 Å². The predicted molar refractivity (Wildman–Crippen MR) is 80.1 cm³/mol. The standard InChI is InChI=1S/C17H26FNO/c18-16-7-6-14(13-15(16)5-4-12-19)8-11-17(20)9-2-1-3-10-17/h6-7,13,20H,1-5,8-12,19H2. The zero-order valence-corrected chi connectivity index (χ0v) is 12.2. The van der Waals surface area contributed by atoms with Crippen LogP contribution < -0.4 is 5.73 Å². The maximum atomic E-state index is 13.7. The van der Waals surface area contributed by atoms with Crippen LogP contribution in [0.15, 0.2) is 18.2 Å². The lowest BCUT2D eigenvalue weighted by molar-refractivity contribution is -0.00342. The Balaban J connectivity index is 1.95. The molecule has 1 fully saturated rings. The Morgan fingerprint density at radius 1 is 1.15 bits per heavy atom. The van der Waals surface area contributed by atoms with Crippen LogP contribution in [0.3, 0.4) is 0 Å². The predicted octanol–water partition coefficient (Wildman–Crippen LogP) is 3.34. The fourth-order valence-corrected chi connectivity index (χ4v) is 3.10. The second kappa shape index (κ2) is 7.19. The highest BCUT2D eigenvalue weighted by Gasteiger charge is 2.28. The molecule has 3 N–H and O–H groups in total. The van der Waals surface area contributed by atoms with Crippen molar-refractivity contribution < 1.29 is 9.50 Å². The second-order valence-electron chi connectivity index (χ2n) is 6.10. The highest BCUT2D eigenvalue weighted by Crippen LogP contribution is 2.32. The van der Waals surface area contributed by atoms with Gasteiger partial charge in [0.2, 0.25) is 0 Å². The Labute approximate surface area is 121 Å². The summed E-state index contributed by atoms with van der Waals surface area (Å²) in [5.74, 6) is -0.140. The molecule has 0 aliphatic heterocycles. The molecule has 3 heteroatoms. The van der Waals surface area contributed by atoms with E-state index in [2.05, 4.69) is 0 Å². The molecule has 0 atom stereocenters. The maximum absolute atomic E-state index is 13.7. The molecule has 2 nitrogen and oxygen atoms in total. The summed E-state index contributed by atoms with van der Waals surface area (Å²) in [6, 6.07) is 5.33. The molecule has 0 aromatic heterocycles. The van der Waals surface area contributed by atoms with E-state index < -0.39 is 5.60 Å². The quantitative estimate of drug-likeness (QED) is 0.839. The fraction of sp³-hybridized carbons (Fsp3) is 0.647. The molecular weight excluding hydrogens is 253 g/mol. The van der Waals surface area contributed by atoms with Crippen molar-refractivity contribution in [2.45, 2.75) is 63.4 Å². The number of hydrogen-bond acceptors (Lipinski definition) is 2. The van der Waals surface area contributed by atoms with E-state index in [1.165, 1.54) is 6.42 Å². The number of halogens is 1. The summed E-state index contributed by atoms with van der Waals surface area (Å²) in [6.07, 6.45) is 8.43. The van der Waals surface area contributed by atoms with Gasteiger partial charge in [-0.05, 0) is 62.3 Å². The minimum absolute atomic E-state index is 0.140. The number of nitrogens with two attached hydrogens (primary N) is 1. The van der Waals surface area contributed by atoms with Crippen molar-refractivity contribution in [2.75, 3.05) is 6.54 Å².